The lowest BCUT2D eigenvalue weighted by Crippen LogP contribution is -2.36. The van der Waals surface area contributed by atoms with Gasteiger partial charge in [0, 0.05) is 13.1 Å². The summed E-state index contributed by atoms with van der Waals surface area (Å²) in [5, 5.41) is 2.98. The summed E-state index contributed by atoms with van der Waals surface area (Å²) in [5.41, 5.74) is 6.00. The average Bonchev–Trinajstić information content (AvgIpc) is 2.64. The topological polar surface area (TPSA) is 63.1 Å². The predicted molar refractivity (Wildman–Crippen MR) is 109 cm³/mol. The van der Waals surface area contributed by atoms with Crippen LogP contribution in [0, 0.1) is 13.8 Å². The molecule has 1 aromatic carbocycles. The summed E-state index contributed by atoms with van der Waals surface area (Å²) >= 11 is 3.33. The van der Waals surface area contributed by atoms with Gasteiger partial charge in [-0.25, -0.2) is 4.68 Å². The average molecular weight is 420 g/mol. The first-order valence-electron chi connectivity index (χ1n) is 8.95. The van der Waals surface area contributed by atoms with Crippen LogP contribution in [0.4, 0.5) is 0 Å². The van der Waals surface area contributed by atoms with Crippen LogP contribution in [0.15, 0.2) is 39.6 Å². The molecule has 6 heteroatoms. The number of carbonyl (C=O) groups is 1. The van der Waals surface area contributed by atoms with Crippen molar-refractivity contribution in [1.29, 1.82) is 0 Å². The molecule has 0 aliphatic carbocycles. The Morgan fingerprint density at radius 2 is 1.85 bits per heavy atom. The maximum atomic E-state index is 12.7. The highest BCUT2D eigenvalue weighted by Gasteiger charge is 2.20. The number of pyridine rings is 1. The summed E-state index contributed by atoms with van der Waals surface area (Å²) in [5.74, 6) is -0.152. The van der Waals surface area contributed by atoms with Crippen molar-refractivity contribution in [2.75, 3.05) is 18.5 Å². The third-order valence-corrected chi connectivity index (χ3v) is 5.24. The van der Waals surface area contributed by atoms with Crippen molar-refractivity contribution in [3.63, 3.8) is 0 Å². The molecular weight excluding hydrogens is 394 g/mol. The van der Waals surface area contributed by atoms with Gasteiger partial charge < -0.3 is 10.7 Å². The number of nitrogens with zero attached hydrogens (tertiary/aromatic N) is 1. The number of halogens is 1. The Morgan fingerprint density at radius 3 is 2.50 bits per heavy atom. The van der Waals surface area contributed by atoms with Gasteiger partial charge in [0.2, 0.25) is 0 Å². The molecule has 1 amide bonds. The molecule has 2 N–H and O–H groups in total. The van der Waals surface area contributed by atoms with Gasteiger partial charge in [0.1, 0.15) is 0 Å². The zero-order chi connectivity index (χ0) is 19.1. The molecule has 0 aliphatic rings. The monoisotopic (exact) mass is 419 g/mol. The fourth-order valence-electron chi connectivity index (χ4n) is 2.88. The van der Waals surface area contributed by atoms with E-state index in [1.165, 1.54) is 10.2 Å². The van der Waals surface area contributed by atoms with E-state index in [1.807, 2.05) is 25.1 Å². The van der Waals surface area contributed by atoms with Gasteiger partial charge in [0.25, 0.3) is 11.5 Å². The van der Waals surface area contributed by atoms with Crippen LogP contribution >= 0.6 is 15.9 Å². The zero-order valence-electron chi connectivity index (χ0n) is 15.6. The van der Waals surface area contributed by atoms with E-state index in [9.17, 15) is 9.59 Å². The molecule has 26 heavy (non-hydrogen) atoms. The van der Waals surface area contributed by atoms with Crippen molar-refractivity contribution >= 4 is 21.8 Å². The van der Waals surface area contributed by atoms with Crippen LogP contribution in [0.2, 0.25) is 0 Å². The van der Waals surface area contributed by atoms with E-state index in [4.69, 9.17) is 0 Å². The standard InChI is InChI=1S/C20H26BrN3O2/c1-4-12-23-24-15(3)17(14(2)18(21)20(24)26)19(25)22-13-8-11-16-9-6-5-7-10-16/h5-7,9-10,23H,4,8,11-13H2,1-3H3,(H,22,25). The second-order valence-corrected chi connectivity index (χ2v) is 7.09. The molecule has 1 aromatic heterocycles. The van der Waals surface area contributed by atoms with Crippen LogP contribution in [0.3, 0.4) is 0 Å². The quantitative estimate of drug-likeness (QED) is 0.643. The van der Waals surface area contributed by atoms with E-state index in [2.05, 4.69) is 38.8 Å². The fourth-order valence-corrected chi connectivity index (χ4v) is 3.26. The molecule has 0 saturated carbocycles. The van der Waals surface area contributed by atoms with Gasteiger partial charge in [0.15, 0.2) is 0 Å². The molecular formula is C20H26BrN3O2. The smallest absolute Gasteiger partial charge is 0.283 e. The lowest BCUT2D eigenvalue weighted by molar-refractivity contribution is 0.0951. The van der Waals surface area contributed by atoms with E-state index in [0.717, 1.165) is 19.3 Å². The van der Waals surface area contributed by atoms with E-state index < -0.39 is 0 Å². The van der Waals surface area contributed by atoms with E-state index in [0.29, 0.717) is 34.4 Å². The Balaban J connectivity index is 2.10. The summed E-state index contributed by atoms with van der Waals surface area (Å²) in [6, 6.07) is 10.2. The van der Waals surface area contributed by atoms with Crippen LogP contribution in [0.1, 0.15) is 46.9 Å². The van der Waals surface area contributed by atoms with E-state index in [1.54, 1.807) is 13.8 Å². The first kappa shape index (κ1) is 20.2. The van der Waals surface area contributed by atoms with Crippen molar-refractivity contribution in [3.8, 4) is 0 Å². The molecule has 140 valence electrons. The fraction of sp³-hybridized carbons (Fsp3) is 0.400. The molecule has 0 unspecified atom stereocenters. The van der Waals surface area contributed by atoms with Crippen molar-refractivity contribution in [1.82, 2.24) is 9.99 Å². The third-order valence-electron chi connectivity index (χ3n) is 4.31. The Bertz CT molecular complexity index is 816. The molecule has 0 atom stereocenters. The van der Waals surface area contributed by atoms with Gasteiger partial charge >= 0.3 is 0 Å². The SMILES string of the molecule is CCCNn1c(C)c(C(=O)NCCCc2ccccc2)c(C)c(Br)c1=O. The van der Waals surface area contributed by atoms with Crippen LogP contribution < -0.4 is 16.3 Å². The molecule has 0 saturated heterocycles. The minimum Gasteiger partial charge on any atom is -0.352 e. The Kier molecular flexibility index (Phi) is 7.45. The summed E-state index contributed by atoms with van der Waals surface area (Å²) < 4.78 is 1.88. The normalized spacial score (nSPS) is 10.6. The maximum Gasteiger partial charge on any atom is 0.283 e. The number of hydrogen-bond donors (Lipinski definition) is 2. The number of carbonyl (C=O) groups excluding carboxylic acids is 1. The molecule has 0 bridgehead atoms. The predicted octanol–water partition coefficient (Wildman–Crippen LogP) is 3.54. The summed E-state index contributed by atoms with van der Waals surface area (Å²) in [7, 11) is 0. The van der Waals surface area contributed by atoms with E-state index in [-0.39, 0.29) is 11.5 Å². The Hall–Kier alpha value is -2.08. The molecule has 0 fully saturated rings. The van der Waals surface area contributed by atoms with Crippen molar-refractivity contribution in [2.24, 2.45) is 0 Å². The molecule has 0 aliphatic heterocycles. The Morgan fingerprint density at radius 1 is 1.15 bits per heavy atom. The van der Waals surface area contributed by atoms with Crippen LogP contribution in [-0.2, 0) is 6.42 Å². The summed E-state index contributed by atoms with van der Waals surface area (Å²) in [6.07, 6.45) is 2.67. The van der Waals surface area contributed by atoms with Gasteiger partial charge in [-0.2, -0.15) is 0 Å². The first-order chi connectivity index (χ1) is 12.5. The molecule has 2 rings (SSSR count). The highest BCUT2D eigenvalue weighted by atomic mass is 79.9. The number of aromatic nitrogens is 1. The van der Waals surface area contributed by atoms with Gasteiger partial charge in [0.05, 0.1) is 15.7 Å². The summed E-state index contributed by atoms with van der Waals surface area (Å²) in [4.78, 5) is 25.1. The molecule has 0 spiro atoms. The molecule has 0 radical (unpaired) electrons. The second-order valence-electron chi connectivity index (χ2n) is 6.29. The van der Waals surface area contributed by atoms with Crippen LogP contribution in [-0.4, -0.2) is 23.7 Å². The van der Waals surface area contributed by atoms with Gasteiger partial charge in [-0.15, -0.1) is 0 Å². The largest absolute Gasteiger partial charge is 0.352 e. The minimum atomic E-state index is -0.172. The number of aryl methyl sites for hydroxylation is 1. The van der Waals surface area contributed by atoms with Gasteiger partial charge in [-0.3, -0.25) is 9.59 Å². The lowest BCUT2D eigenvalue weighted by atomic mass is 10.1. The maximum absolute atomic E-state index is 12.7. The number of rotatable bonds is 8. The highest BCUT2D eigenvalue weighted by Crippen LogP contribution is 2.19. The van der Waals surface area contributed by atoms with Crippen molar-refractivity contribution in [3.05, 3.63) is 67.5 Å². The number of hydrogen-bond acceptors (Lipinski definition) is 3. The number of benzene rings is 1. The minimum absolute atomic E-state index is 0.152. The number of amides is 1. The Labute approximate surface area is 162 Å². The summed E-state index contributed by atoms with van der Waals surface area (Å²) in [6.45, 7) is 6.86. The molecule has 5 nitrogen and oxygen atoms in total. The molecule has 1 heterocycles. The molecule has 2 aromatic rings. The lowest BCUT2D eigenvalue weighted by Gasteiger charge is -2.18. The third kappa shape index (κ3) is 4.75. The first-order valence-corrected chi connectivity index (χ1v) is 9.74. The van der Waals surface area contributed by atoms with Crippen LogP contribution in [0.5, 0.6) is 0 Å². The van der Waals surface area contributed by atoms with Crippen molar-refractivity contribution < 1.29 is 4.79 Å². The van der Waals surface area contributed by atoms with Crippen LogP contribution in [0.25, 0.3) is 0 Å². The highest BCUT2D eigenvalue weighted by molar-refractivity contribution is 9.10. The zero-order valence-corrected chi connectivity index (χ0v) is 17.1. The van der Waals surface area contributed by atoms with Gasteiger partial charge in [-0.05, 0) is 60.2 Å². The second kappa shape index (κ2) is 9.57. The number of nitrogens with one attached hydrogen (secondary N) is 2. The van der Waals surface area contributed by atoms with Gasteiger partial charge in [-0.1, -0.05) is 37.3 Å². The van der Waals surface area contributed by atoms with E-state index >= 15 is 0 Å². The van der Waals surface area contributed by atoms with Crippen molar-refractivity contribution in [2.45, 2.75) is 40.0 Å².